The van der Waals surface area contributed by atoms with Crippen LogP contribution in [0.15, 0.2) is 66.3 Å². The first-order valence-corrected chi connectivity index (χ1v) is 14.1. The van der Waals surface area contributed by atoms with Gasteiger partial charge in [-0.05, 0) is 55.5 Å². The molecule has 0 spiro atoms. The molecule has 0 unspecified atom stereocenters. The first-order valence-electron chi connectivity index (χ1n) is 14.1. The molecule has 234 valence electrons. The number of hydrogen-bond acceptors (Lipinski definition) is 4. The Morgan fingerprint density at radius 3 is 2.49 bits per heavy atom. The molecule has 2 saturated heterocycles. The van der Waals surface area contributed by atoms with E-state index in [0.29, 0.717) is 54.4 Å². The zero-order chi connectivity index (χ0) is 31.5. The fraction of sp³-hybridized carbons (Fsp3) is 0.452. The number of aryl methyl sites for hydroxylation is 1. The quantitative estimate of drug-likeness (QED) is 0.258. The number of benzene rings is 1. The predicted molar refractivity (Wildman–Crippen MR) is 153 cm³/mol. The number of amides is 2. The number of rotatable bonds is 7. The van der Waals surface area contributed by atoms with E-state index in [1.165, 1.54) is 40.3 Å². The van der Waals surface area contributed by atoms with Crippen LogP contribution in [0.4, 0.5) is 36.8 Å². The maximum atomic E-state index is 15.1. The van der Waals surface area contributed by atoms with Crippen molar-refractivity contribution in [2.75, 3.05) is 44.7 Å². The minimum atomic E-state index is -4.33. The van der Waals surface area contributed by atoms with Gasteiger partial charge in [0.1, 0.15) is 5.82 Å². The molecular formula is C31H36F6N4O2. The predicted octanol–water partition coefficient (Wildman–Crippen LogP) is 7.44. The molecule has 1 N–H and O–H groups in total. The van der Waals surface area contributed by atoms with E-state index in [0.717, 1.165) is 6.92 Å². The van der Waals surface area contributed by atoms with E-state index in [4.69, 9.17) is 4.74 Å². The first-order chi connectivity index (χ1) is 20.2. The monoisotopic (exact) mass is 610 g/mol. The molecule has 6 nitrogen and oxygen atoms in total. The highest BCUT2D eigenvalue weighted by Crippen LogP contribution is 2.36. The molecule has 43 heavy (non-hydrogen) atoms. The Labute approximate surface area is 247 Å². The average molecular weight is 611 g/mol. The molecule has 0 saturated carbocycles. The Morgan fingerprint density at radius 2 is 1.86 bits per heavy atom. The summed E-state index contributed by atoms with van der Waals surface area (Å²) in [6.07, 6.45) is 2.50. The number of morpholine rings is 1. The number of urea groups is 1. The van der Waals surface area contributed by atoms with Crippen molar-refractivity contribution >= 4 is 17.3 Å². The van der Waals surface area contributed by atoms with Gasteiger partial charge in [-0.2, -0.15) is 13.2 Å². The van der Waals surface area contributed by atoms with Crippen molar-refractivity contribution in [3.05, 3.63) is 83.3 Å². The molecular weight excluding hydrogens is 574 g/mol. The van der Waals surface area contributed by atoms with Crippen LogP contribution in [0.1, 0.15) is 37.8 Å². The van der Waals surface area contributed by atoms with E-state index in [9.17, 15) is 26.7 Å². The Morgan fingerprint density at radius 1 is 1.16 bits per heavy atom. The minimum Gasteiger partial charge on any atom is -0.378 e. The summed E-state index contributed by atoms with van der Waals surface area (Å²) in [4.78, 5) is 17.7. The Balaban J connectivity index is 1.68. The van der Waals surface area contributed by atoms with E-state index in [2.05, 4.69) is 11.9 Å². The van der Waals surface area contributed by atoms with E-state index < -0.39 is 36.3 Å². The van der Waals surface area contributed by atoms with Crippen molar-refractivity contribution in [2.45, 2.75) is 45.7 Å². The van der Waals surface area contributed by atoms with Crippen LogP contribution in [0.25, 0.3) is 5.57 Å². The number of hydrogen-bond donors (Lipinski definition) is 1. The Kier molecular flexibility index (Phi) is 9.68. The van der Waals surface area contributed by atoms with Gasteiger partial charge in [-0.1, -0.05) is 18.7 Å². The number of alkyl halides is 5. The smallest absolute Gasteiger partial charge is 0.378 e. The van der Waals surface area contributed by atoms with Crippen LogP contribution in [0.2, 0.25) is 0 Å². The number of likely N-dealkylation sites (tertiary alicyclic amines) is 1. The normalized spacial score (nSPS) is 20.6. The standard InChI is InChI=1S/C31H36F6N4O2/c1-5-6-24(30(4,33)34)19-41-18-23(14-28(21(41)3)39-9-11-43-12-10-39)25-15-27(26(32)13-20(25)2)38-29(42)40-8-7-22(17-40)16-31(35,36)37/h5-6,13-15,18-19,22H,3,7-12,16-17H2,1-2,4H3,(H,38,42)/b6-5+,24-19+/t22-/m0/s1. The lowest BCUT2D eigenvalue weighted by molar-refractivity contribution is -0.143. The van der Waals surface area contributed by atoms with Gasteiger partial charge in [0.05, 0.1) is 30.3 Å². The zero-order valence-corrected chi connectivity index (χ0v) is 24.4. The number of carbonyl (C=O) groups is 1. The van der Waals surface area contributed by atoms with Crippen LogP contribution in [0.3, 0.4) is 0 Å². The summed E-state index contributed by atoms with van der Waals surface area (Å²) in [5.41, 5.74) is 2.37. The van der Waals surface area contributed by atoms with E-state index in [1.807, 2.05) is 11.0 Å². The van der Waals surface area contributed by atoms with Gasteiger partial charge >= 0.3 is 12.2 Å². The van der Waals surface area contributed by atoms with Gasteiger partial charge in [0.2, 0.25) is 0 Å². The molecule has 3 aliphatic heterocycles. The van der Waals surface area contributed by atoms with E-state index in [1.54, 1.807) is 20.0 Å². The van der Waals surface area contributed by atoms with Crippen LogP contribution in [0.5, 0.6) is 0 Å². The molecule has 4 rings (SSSR count). The largest absolute Gasteiger partial charge is 0.389 e. The fourth-order valence-electron chi connectivity index (χ4n) is 5.39. The van der Waals surface area contributed by atoms with Crippen LogP contribution in [-0.2, 0) is 4.74 Å². The van der Waals surface area contributed by atoms with Gasteiger partial charge in [-0.3, -0.25) is 0 Å². The van der Waals surface area contributed by atoms with Crippen LogP contribution >= 0.6 is 0 Å². The number of halogens is 6. The second kappa shape index (κ2) is 12.9. The molecule has 1 aromatic rings. The Hall–Kier alpha value is -3.67. The maximum Gasteiger partial charge on any atom is 0.389 e. The number of nitrogens with one attached hydrogen (secondary N) is 1. The van der Waals surface area contributed by atoms with Gasteiger partial charge in [0, 0.05) is 63.1 Å². The van der Waals surface area contributed by atoms with Gasteiger partial charge in [-0.25, -0.2) is 18.0 Å². The van der Waals surface area contributed by atoms with Crippen molar-refractivity contribution in [1.82, 2.24) is 14.7 Å². The third-order valence-electron chi connectivity index (χ3n) is 7.62. The molecule has 3 aliphatic rings. The second-order valence-corrected chi connectivity index (χ2v) is 11.0. The summed E-state index contributed by atoms with van der Waals surface area (Å²) in [5.74, 6) is -4.56. The van der Waals surface area contributed by atoms with Crippen LogP contribution in [-0.4, -0.2) is 72.2 Å². The highest BCUT2D eigenvalue weighted by molar-refractivity contribution is 5.91. The third-order valence-corrected chi connectivity index (χ3v) is 7.62. The number of carbonyl (C=O) groups excluding carboxylic acids is 1. The number of ether oxygens (including phenoxy) is 1. The fourth-order valence-corrected chi connectivity index (χ4v) is 5.39. The zero-order valence-electron chi connectivity index (χ0n) is 24.4. The minimum absolute atomic E-state index is 0.0809. The molecule has 1 atom stereocenters. The number of nitrogens with zero attached hydrogens (tertiary/aromatic N) is 3. The summed E-state index contributed by atoms with van der Waals surface area (Å²) in [5, 5.41) is 2.51. The molecule has 2 amide bonds. The lowest BCUT2D eigenvalue weighted by Gasteiger charge is -2.37. The van der Waals surface area contributed by atoms with Crippen molar-refractivity contribution < 1.29 is 35.9 Å². The second-order valence-electron chi connectivity index (χ2n) is 11.0. The molecule has 0 aliphatic carbocycles. The molecule has 1 aromatic carbocycles. The number of anilines is 1. The topological polar surface area (TPSA) is 48.1 Å². The van der Waals surface area contributed by atoms with E-state index in [-0.39, 0.29) is 30.8 Å². The molecule has 0 radical (unpaired) electrons. The van der Waals surface area contributed by atoms with E-state index >= 15 is 4.39 Å². The highest BCUT2D eigenvalue weighted by atomic mass is 19.4. The molecule has 3 heterocycles. The molecule has 0 aromatic heterocycles. The van der Waals surface area contributed by atoms with Gasteiger partial charge in [0.15, 0.2) is 0 Å². The summed E-state index contributed by atoms with van der Waals surface area (Å²) in [7, 11) is 0. The van der Waals surface area contributed by atoms with Crippen molar-refractivity contribution in [3.8, 4) is 0 Å². The van der Waals surface area contributed by atoms with Crippen LogP contribution in [0, 0.1) is 18.7 Å². The summed E-state index contributed by atoms with van der Waals surface area (Å²) in [6.45, 7) is 10.4. The molecule has 12 heteroatoms. The number of allylic oxidation sites excluding steroid dienone is 5. The Bertz CT molecular complexity index is 1350. The average Bonchev–Trinajstić information content (AvgIpc) is 3.38. The first kappa shape index (κ1) is 32.2. The van der Waals surface area contributed by atoms with Gasteiger partial charge < -0.3 is 24.8 Å². The van der Waals surface area contributed by atoms with Crippen LogP contribution < -0.4 is 5.32 Å². The SMILES string of the molecule is C=C1C(N2CCOCC2)=CC(c2cc(NC(=O)N3CC[C@@H](CC(F)(F)F)C3)c(F)cc2C)=CN1/C=C(\C=C\C)C(C)(F)F. The molecule has 2 fully saturated rings. The van der Waals surface area contributed by atoms with Gasteiger partial charge in [-0.15, -0.1) is 0 Å². The van der Waals surface area contributed by atoms with Crippen molar-refractivity contribution in [2.24, 2.45) is 5.92 Å². The maximum absolute atomic E-state index is 15.1. The van der Waals surface area contributed by atoms with Crippen molar-refractivity contribution in [3.63, 3.8) is 0 Å². The van der Waals surface area contributed by atoms with Gasteiger partial charge in [0.25, 0.3) is 5.92 Å². The van der Waals surface area contributed by atoms with Crippen molar-refractivity contribution in [1.29, 1.82) is 0 Å². The molecule has 0 bridgehead atoms. The summed E-state index contributed by atoms with van der Waals surface area (Å²) in [6, 6.07) is 2.00. The third kappa shape index (κ3) is 8.04. The lowest BCUT2D eigenvalue weighted by atomic mass is 9.96. The highest BCUT2D eigenvalue weighted by Gasteiger charge is 2.37. The summed E-state index contributed by atoms with van der Waals surface area (Å²) < 4.78 is 87.9. The summed E-state index contributed by atoms with van der Waals surface area (Å²) >= 11 is 0. The lowest BCUT2D eigenvalue weighted by Crippen LogP contribution is -2.38.